The Morgan fingerprint density at radius 2 is 1.50 bits per heavy atom. The van der Waals surface area contributed by atoms with Gasteiger partial charge in [-0.3, -0.25) is 13.9 Å². The lowest BCUT2D eigenvalue weighted by molar-refractivity contribution is -0.140. The number of hydrogen-bond acceptors (Lipinski definition) is 4. The zero-order chi connectivity index (χ0) is 33.4. The molecule has 4 aromatic rings. The Labute approximate surface area is 281 Å². The van der Waals surface area contributed by atoms with Crippen LogP contribution in [0.1, 0.15) is 48.1 Å². The van der Waals surface area contributed by atoms with E-state index in [0.717, 1.165) is 43.0 Å². The molecule has 0 aliphatic carbocycles. The third kappa shape index (κ3) is 8.85. The summed E-state index contributed by atoms with van der Waals surface area (Å²) < 4.78 is 30.5. The van der Waals surface area contributed by atoms with Gasteiger partial charge in [-0.25, -0.2) is 8.42 Å². The highest BCUT2D eigenvalue weighted by atomic mass is 79.9. The van der Waals surface area contributed by atoms with Crippen LogP contribution in [0.3, 0.4) is 0 Å². The van der Waals surface area contributed by atoms with Crippen molar-refractivity contribution in [2.24, 2.45) is 0 Å². The van der Waals surface area contributed by atoms with Crippen molar-refractivity contribution in [3.05, 3.63) is 129 Å². The van der Waals surface area contributed by atoms with E-state index in [4.69, 9.17) is 0 Å². The smallest absolute Gasteiger partial charge is 0.264 e. The summed E-state index contributed by atoms with van der Waals surface area (Å²) in [7, 11) is -4.16. The molecule has 46 heavy (non-hydrogen) atoms. The van der Waals surface area contributed by atoms with Crippen LogP contribution in [0.15, 0.2) is 106 Å². The lowest BCUT2D eigenvalue weighted by Crippen LogP contribution is -2.54. The van der Waals surface area contributed by atoms with Crippen LogP contribution in [0.2, 0.25) is 0 Å². The van der Waals surface area contributed by atoms with Crippen molar-refractivity contribution in [3.63, 3.8) is 0 Å². The first-order chi connectivity index (χ1) is 21.9. The van der Waals surface area contributed by atoms with E-state index in [1.54, 1.807) is 36.4 Å². The average Bonchev–Trinajstić information content (AvgIpc) is 3.03. The van der Waals surface area contributed by atoms with E-state index >= 15 is 0 Å². The monoisotopic (exact) mass is 703 g/mol. The molecule has 0 aliphatic rings. The van der Waals surface area contributed by atoms with Crippen LogP contribution in [0.4, 0.5) is 5.69 Å². The van der Waals surface area contributed by atoms with E-state index in [-0.39, 0.29) is 29.8 Å². The second kappa shape index (κ2) is 15.6. The van der Waals surface area contributed by atoms with Gasteiger partial charge in [-0.2, -0.15) is 0 Å². The number of nitrogens with one attached hydrogen (secondary N) is 1. The number of carbonyl (C=O) groups excluding carboxylic acids is 2. The summed E-state index contributed by atoms with van der Waals surface area (Å²) in [5.41, 5.74) is 4.89. The number of rotatable bonds is 13. The van der Waals surface area contributed by atoms with Crippen LogP contribution in [-0.2, 0) is 32.6 Å². The van der Waals surface area contributed by atoms with Crippen LogP contribution in [0.5, 0.6) is 0 Å². The number of nitrogens with zero attached hydrogens (tertiary/aromatic N) is 2. The first-order valence-electron chi connectivity index (χ1n) is 15.4. The fourth-order valence-electron chi connectivity index (χ4n) is 5.07. The van der Waals surface area contributed by atoms with Gasteiger partial charge < -0.3 is 10.2 Å². The second-order valence-corrected chi connectivity index (χ2v) is 14.5. The summed E-state index contributed by atoms with van der Waals surface area (Å²) in [6.45, 7) is 9.27. The zero-order valence-corrected chi connectivity index (χ0v) is 29.4. The average molecular weight is 705 g/mol. The topological polar surface area (TPSA) is 86.8 Å². The summed E-state index contributed by atoms with van der Waals surface area (Å²) in [6, 6.07) is 28.0. The highest BCUT2D eigenvalue weighted by Gasteiger charge is 2.35. The Morgan fingerprint density at radius 1 is 0.826 bits per heavy atom. The fraction of sp³-hybridized carbons (Fsp3) is 0.297. The predicted octanol–water partition coefficient (Wildman–Crippen LogP) is 7.12. The SMILES string of the molecule is CC[C@H](C)NC(=O)[C@@H](Cc1ccccc1)N(Cc1cccc(Br)c1)C(=O)CN(c1ccc(C)c(C)c1)S(=O)(=O)c1ccc(C)cc1. The third-order valence-electron chi connectivity index (χ3n) is 8.18. The van der Waals surface area contributed by atoms with Crippen molar-refractivity contribution in [2.45, 2.75) is 71.0 Å². The van der Waals surface area contributed by atoms with E-state index in [9.17, 15) is 18.0 Å². The fourth-order valence-corrected chi connectivity index (χ4v) is 6.93. The molecule has 4 aromatic carbocycles. The number of hydrogen-bond donors (Lipinski definition) is 1. The van der Waals surface area contributed by atoms with Gasteiger partial charge in [0.2, 0.25) is 11.8 Å². The van der Waals surface area contributed by atoms with Gasteiger partial charge in [-0.15, -0.1) is 0 Å². The maximum absolute atomic E-state index is 14.6. The molecule has 0 saturated heterocycles. The van der Waals surface area contributed by atoms with Crippen molar-refractivity contribution in [1.29, 1.82) is 0 Å². The minimum atomic E-state index is -4.16. The van der Waals surface area contributed by atoms with Crippen LogP contribution in [-0.4, -0.2) is 43.8 Å². The minimum Gasteiger partial charge on any atom is -0.352 e. The maximum Gasteiger partial charge on any atom is 0.264 e. The molecule has 0 aliphatic heterocycles. The first-order valence-corrected chi connectivity index (χ1v) is 17.7. The maximum atomic E-state index is 14.6. The summed E-state index contributed by atoms with van der Waals surface area (Å²) in [6.07, 6.45) is 0.982. The Bertz CT molecular complexity index is 1760. The summed E-state index contributed by atoms with van der Waals surface area (Å²) in [4.78, 5) is 30.2. The number of anilines is 1. The van der Waals surface area contributed by atoms with Gasteiger partial charge in [-0.1, -0.05) is 89.1 Å². The molecule has 7 nitrogen and oxygen atoms in total. The number of sulfonamides is 1. The van der Waals surface area contributed by atoms with E-state index in [2.05, 4.69) is 21.2 Å². The predicted molar refractivity (Wildman–Crippen MR) is 188 cm³/mol. The van der Waals surface area contributed by atoms with Crippen molar-refractivity contribution in [2.75, 3.05) is 10.8 Å². The third-order valence-corrected chi connectivity index (χ3v) is 10.5. The Hall–Kier alpha value is -3.95. The minimum absolute atomic E-state index is 0.0815. The lowest BCUT2D eigenvalue weighted by atomic mass is 10.0. The summed E-state index contributed by atoms with van der Waals surface area (Å²) in [5.74, 6) is -0.783. The Kier molecular flexibility index (Phi) is 11.8. The highest BCUT2D eigenvalue weighted by Crippen LogP contribution is 2.27. The lowest BCUT2D eigenvalue weighted by Gasteiger charge is -2.34. The van der Waals surface area contributed by atoms with Gasteiger partial charge in [0.05, 0.1) is 10.6 Å². The van der Waals surface area contributed by atoms with Crippen LogP contribution in [0.25, 0.3) is 0 Å². The number of carbonyl (C=O) groups is 2. The first kappa shape index (κ1) is 34.9. The van der Waals surface area contributed by atoms with Gasteiger partial charge in [0, 0.05) is 23.5 Å². The van der Waals surface area contributed by atoms with Crippen molar-refractivity contribution in [3.8, 4) is 0 Å². The van der Waals surface area contributed by atoms with Gasteiger partial charge in [0.1, 0.15) is 12.6 Å². The van der Waals surface area contributed by atoms with Crippen molar-refractivity contribution in [1.82, 2.24) is 10.2 Å². The highest BCUT2D eigenvalue weighted by molar-refractivity contribution is 9.10. The van der Waals surface area contributed by atoms with Crippen LogP contribution in [0, 0.1) is 20.8 Å². The molecule has 0 saturated carbocycles. The van der Waals surface area contributed by atoms with E-state index in [0.29, 0.717) is 5.69 Å². The molecule has 0 spiro atoms. The molecule has 0 bridgehead atoms. The molecule has 0 unspecified atom stereocenters. The van der Waals surface area contributed by atoms with E-state index in [1.165, 1.54) is 4.90 Å². The van der Waals surface area contributed by atoms with Gasteiger partial charge >= 0.3 is 0 Å². The van der Waals surface area contributed by atoms with Crippen LogP contribution < -0.4 is 9.62 Å². The summed E-state index contributed by atoms with van der Waals surface area (Å²) in [5, 5.41) is 3.07. The van der Waals surface area contributed by atoms with Crippen molar-refractivity contribution < 1.29 is 18.0 Å². The molecule has 9 heteroatoms. The largest absolute Gasteiger partial charge is 0.352 e. The van der Waals surface area contributed by atoms with E-state index < -0.39 is 28.5 Å². The Balaban J connectivity index is 1.83. The molecular formula is C37H42BrN3O4S. The molecule has 242 valence electrons. The van der Waals surface area contributed by atoms with Crippen LogP contribution >= 0.6 is 15.9 Å². The molecule has 1 N–H and O–H groups in total. The second-order valence-electron chi connectivity index (χ2n) is 11.8. The number of benzene rings is 4. The van der Waals surface area contributed by atoms with E-state index in [1.807, 2.05) is 95.3 Å². The molecule has 2 atom stereocenters. The Morgan fingerprint density at radius 3 is 2.13 bits per heavy atom. The molecule has 4 rings (SSSR count). The molecule has 0 heterocycles. The normalized spacial score (nSPS) is 12.7. The van der Waals surface area contributed by atoms with Gasteiger partial charge in [0.25, 0.3) is 10.0 Å². The van der Waals surface area contributed by atoms with Crippen molar-refractivity contribution >= 4 is 43.5 Å². The van der Waals surface area contributed by atoms with Gasteiger partial charge in [-0.05, 0) is 92.8 Å². The molecular weight excluding hydrogens is 662 g/mol. The molecule has 2 amide bonds. The number of aryl methyl sites for hydroxylation is 3. The standard InChI is InChI=1S/C37H42BrN3O4S/c1-6-29(5)39-37(43)35(23-30-11-8-7-9-12-30)40(24-31-13-10-14-32(38)22-31)36(42)25-41(33-18-17-27(3)28(4)21-33)46(44,45)34-19-15-26(2)16-20-34/h7-22,29,35H,6,23-25H2,1-5H3,(H,39,43)/t29-,35+/m0/s1. The number of halogens is 1. The molecule has 0 aromatic heterocycles. The molecule has 0 radical (unpaired) electrons. The zero-order valence-electron chi connectivity index (χ0n) is 27.0. The summed E-state index contributed by atoms with van der Waals surface area (Å²) >= 11 is 3.52. The quantitative estimate of drug-likeness (QED) is 0.161. The number of amides is 2. The molecule has 0 fully saturated rings. The van der Waals surface area contributed by atoms with Gasteiger partial charge in [0.15, 0.2) is 0 Å².